The fraction of sp³-hybridized carbons (Fsp3) is 0.200. The van der Waals surface area contributed by atoms with Gasteiger partial charge in [0.1, 0.15) is 11.5 Å². The Morgan fingerprint density at radius 1 is 1.11 bits per heavy atom. The molecule has 2 rings (SSSR count). The molecule has 2 aromatic rings. The van der Waals surface area contributed by atoms with Gasteiger partial charge in [0.2, 0.25) is 0 Å². The van der Waals surface area contributed by atoms with Crippen molar-refractivity contribution in [3.8, 4) is 22.6 Å². The topological polar surface area (TPSA) is 49.7 Å². The zero-order valence-corrected chi connectivity index (χ0v) is 12.4. The summed E-state index contributed by atoms with van der Waals surface area (Å²) >= 11 is 3.27. The number of halogens is 1. The summed E-state index contributed by atoms with van der Waals surface area (Å²) in [7, 11) is 1.62. The van der Waals surface area contributed by atoms with E-state index in [-0.39, 0.29) is 11.5 Å². The summed E-state index contributed by atoms with van der Waals surface area (Å²) in [6.45, 7) is 2.36. The Morgan fingerprint density at radius 3 is 2.53 bits per heavy atom. The maximum absolute atomic E-state index is 10.2. The van der Waals surface area contributed by atoms with Gasteiger partial charge in [0.05, 0.1) is 16.6 Å². The van der Waals surface area contributed by atoms with Crippen LogP contribution in [-0.4, -0.2) is 17.3 Å². The molecule has 2 aromatic carbocycles. The second-order valence-electron chi connectivity index (χ2n) is 4.33. The van der Waals surface area contributed by atoms with Crippen molar-refractivity contribution < 1.29 is 14.9 Å². The molecule has 0 bridgehead atoms. The molecule has 0 fully saturated rings. The molecule has 0 aliphatic heterocycles. The second-order valence-corrected chi connectivity index (χ2v) is 5.19. The smallest absolute Gasteiger partial charge is 0.141 e. The van der Waals surface area contributed by atoms with E-state index < -0.39 is 0 Å². The first kappa shape index (κ1) is 13.9. The predicted molar refractivity (Wildman–Crippen MR) is 78.4 cm³/mol. The highest BCUT2D eigenvalue weighted by atomic mass is 79.9. The van der Waals surface area contributed by atoms with Crippen LogP contribution in [0.4, 0.5) is 0 Å². The monoisotopic (exact) mass is 322 g/mol. The molecule has 3 nitrogen and oxygen atoms in total. The summed E-state index contributed by atoms with van der Waals surface area (Å²) in [6.07, 6.45) is 0. The fourth-order valence-electron chi connectivity index (χ4n) is 2.16. The van der Waals surface area contributed by atoms with E-state index in [0.717, 1.165) is 16.7 Å². The zero-order valence-electron chi connectivity index (χ0n) is 10.8. The third-order valence-electron chi connectivity index (χ3n) is 3.02. The molecule has 0 heterocycles. The molecule has 0 atom stereocenters. The third kappa shape index (κ3) is 2.60. The summed E-state index contributed by atoms with van der Waals surface area (Å²) in [5, 5.41) is 20.3. The maximum Gasteiger partial charge on any atom is 0.141 e. The van der Waals surface area contributed by atoms with E-state index in [1.165, 1.54) is 0 Å². The van der Waals surface area contributed by atoms with Gasteiger partial charge in [-0.2, -0.15) is 0 Å². The Kier molecular flexibility index (Phi) is 4.12. The first-order valence-electron chi connectivity index (χ1n) is 5.84. The van der Waals surface area contributed by atoms with E-state index in [1.807, 2.05) is 25.1 Å². The number of ether oxygens (including phenoxy) is 1. The quantitative estimate of drug-likeness (QED) is 0.898. The van der Waals surface area contributed by atoms with Gasteiger partial charge in [0, 0.05) is 7.11 Å². The van der Waals surface area contributed by atoms with E-state index >= 15 is 0 Å². The highest BCUT2D eigenvalue weighted by Gasteiger charge is 2.18. The first-order chi connectivity index (χ1) is 9.06. The number of phenols is 2. The number of hydrogen-bond donors (Lipinski definition) is 2. The van der Waals surface area contributed by atoms with Crippen LogP contribution in [0.1, 0.15) is 11.1 Å². The molecule has 0 aliphatic carbocycles. The van der Waals surface area contributed by atoms with Crippen molar-refractivity contribution in [3.63, 3.8) is 0 Å². The average Bonchev–Trinajstić information content (AvgIpc) is 2.38. The van der Waals surface area contributed by atoms with Gasteiger partial charge < -0.3 is 14.9 Å². The first-order valence-corrected chi connectivity index (χ1v) is 6.63. The molecule has 0 radical (unpaired) electrons. The second kappa shape index (κ2) is 5.63. The minimum absolute atomic E-state index is 0.0339. The van der Waals surface area contributed by atoms with Crippen molar-refractivity contribution >= 4 is 15.9 Å². The Balaban J connectivity index is 2.75. The van der Waals surface area contributed by atoms with Gasteiger partial charge in [-0.1, -0.05) is 18.2 Å². The van der Waals surface area contributed by atoms with Gasteiger partial charge in [-0.15, -0.1) is 0 Å². The lowest BCUT2D eigenvalue weighted by atomic mass is 9.94. The van der Waals surface area contributed by atoms with Crippen LogP contribution in [0.5, 0.6) is 11.5 Å². The lowest BCUT2D eigenvalue weighted by Crippen LogP contribution is -1.95. The molecule has 0 saturated carbocycles. The van der Waals surface area contributed by atoms with Gasteiger partial charge in [0.15, 0.2) is 0 Å². The Bertz CT molecular complexity index is 609. The van der Waals surface area contributed by atoms with Crippen LogP contribution < -0.4 is 0 Å². The van der Waals surface area contributed by atoms with Gasteiger partial charge in [-0.25, -0.2) is 0 Å². The molecule has 100 valence electrons. The summed E-state index contributed by atoms with van der Waals surface area (Å²) in [4.78, 5) is 0. The number of benzene rings is 2. The van der Waals surface area contributed by atoms with Crippen molar-refractivity contribution in [2.24, 2.45) is 0 Å². The molecule has 0 amide bonds. The molecule has 4 heteroatoms. The van der Waals surface area contributed by atoms with Crippen molar-refractivity contribution in [1.82, 2.24) is 0 Å². The molecule has 0 aliphatic rings. The summed E-state index contributed by atoms with van der Waals surface area (Å²) in [6, 6.07) is 8.96. The summed E-state index contributed by atoms with van der Waals surface area (Å²) in [5.74, 6) is 0.0824. The summed E-state index contributed by atoms with van der Waals surface area (Å²) in [5.41, 5.74) is 3.13. The van der Waals surface area contributed by atoms with Gasteiger partial charge in [-0.05, 0) is 51.7 Å². The standard InChI is InChI=1S/C15H15BrO3/c1-9-4-3-5-10(8-19-2)13(9)14-12(17)7-6-11(16)15(14)18/h3-7,17-18H,8H2,1-2H3. The van der Waals surface area contributed by atoms with Crippen molar-refractivity contribution in [2.45, 2.75) is 13.5 Å². The Hall–Kier alpha value is -1.52. The average molecular weight is 323 g/mol. The lowest BCUT2D eigenvalue weighted by molar-refractivity contribution is 0.185. The van der Waals surface area contributed by atoms with E-state index in [0.29, 0.717) is 16.6 Å². The number of hydrogen-bond acceptors (Lipinski definition) is 3. The maximum atomic E-state index is 10.2. The normalized spacial score (nSPS) is 10.7. The molecule has 2 N–H and O–H groups in total. The minimum atomic E-state index is 0.0339. The largest absolute Gasteiger partial charge is 0.507 e. The van der Waals surface area contributed by atoms with E-state index in [4.69, 9.17) is 4.74 Å². The van der Waals surface area contributed by atoms with Crippen molar-refractivity contribution in [3.05, 3.63) is 45.9 Å². The Morgan fingerprint density at radius 2 is 1.84 bits per heavy atom. The van der Waals surface area contributed by atoms with E-state index in [2.05, 4.69) is 15.9 Å². The van der Waals surface area contributed by atoms with E-state index in [9.17, 15) is 10.2 Å². The number of phenolic OH excluding ortho intramolecular Hbond substituents is 2. The zero-order chi connectivity index (χ0) is 14.0. The third-order valence-corrected chi connectivity index (χ3v) is 3.66. The van der Waals surface area contributed by atoms with Crippen LogP contribution in [0, 0.1) is 6.92 Å². The van der Waals surface area contributed by atoms with Crippen LogP contribution in [0.15, 0.2) is 34.8 Å². The highest BCUT2D eigenvalue weighted by Crippen LogP contribution is 2.44. The minimum Gasteiger partial charge on any atom is -0.507 e. The number of aryl methyl sites for hydroxylation is 1. The van der Waals surface area contributed by atoms with Crippen LogP contribution in [0.3, 0.4) is 0 Å². The van der Waals surface area contributed by atoms with Gasteiger partial charge in [0.25, 0.3) is 0 Å². The lowest BCUT2D eigenvalue weighted by Gasteiger charge is -2.15. The molecular weight excluding hydrogens is 308 g/mol. The molecule has 0 aromatic heterocycles. The van der Waals surface area contributed by atoms with Crippen LogP contribution in [0.25, 0.3) is 11.1 Å². The SMILES string of the molecule is COCc1cccc(C)c1-c1c(O)ccc(Br)c1O. The highest BCUT2D eigenvalue weighted by molar-refractivity contribution is 9.10. The predicted octanol–water partition coefficient (Wildman–Crippen LogP) is 3.98. The molecule has 0 spiro atoms. The molecule has 0 saturated heterocycles. The van der Waals surface area contributed by atoms with Crippen LogP contribution in [0.2, 0.25) is 0 Å². The van der Waals surface area contributed by atoms with Crippen molar-refractivity contribution in [1.29, 1.82) is 0 Å². The number of methoxy groups -OCH3 is 1. The molecular formula is C15H15BrO3. The number of rotatable bonds is 3. The van der Waals surface area contributed by atoms with Gasteiger partial charge >= 0.3 is 0 Å². The van der Waals surface area contributed by atoms with E-state index in [1.54, 1.807) is 19.2 Å². The van der Waals surface area contributed by atoms with Crippen molar-refractivity contribution in [2.75, 3.05) is 7.11 Å². The van der Waals surface area contributed by atoms with Crippen LogP contribution in [-0.2, 0) is 11.3 Å². The number of aromatic hydroxyl groups is 2. The van der Waals surface area contributed by atoms with Crippen LogP contribution >= 0.6 is 15.9 Å². The fourth-order valence-corrected chi connectivity index (χ4v) is 2.49. The molecule has 0 unspecified atom stereocenters. The Labute approximate surface area is 120 Å². The summed E-state index contributed by atoms with van der Waals surface area (Å²) < 4.78 is 5.73. The van der Waals surface area contributed by atoms with Gasteiger partial charge in [-0.3, -0.25) is 0 Å². The molecule has 19 heavy (non-hydrogen) atoms.